The fourth-order valence-electron chi connectivity index (χ4n) is 3.91. The molecule has 180 valence electrons. The molecule has 1 aliphatic heterocycles. The Balaban J connectivity index is 1.65. The molecule has 0 saturated carbocycles. The number of carbonyl (C=O) groups is 1. The van der Waals surface area contributed by atoms with Crippen LogP contribution >= 0.6 is 11.6 Å². The lowest BCUT2D eigenvalue weighted by molar-refractivity contribution is -0.136. The van der Waals surface area contributed by atoms with Gasteiger partial charge >= 0.3 is 0 Å². The zero-order valence-corrected chi connectivity index (χ0v) is 19.4. The van der Waals surface area contributed by atoms with Crippen molar-refractivity contribution >= 4 is 39.9 Å². The molecule has 2 atom stereocenters. The van der Waals surface area contributed by atoms with Crippen LogP contribution in [0.1, 0.15) is 6.42 Å². The number of halogens is 2. The standard InChI is InChI=1S/C23H24ClFN4O5/c1-32-11-21(31)29-9-15(30)6-14(29)10-34-20-8-16(33-2)7-19-22(20)23(27-12-26-19)28-13-3-4-18(25)17(24)5-13/h3-5,7-8,12,14-15,30H,6,9-11H2,1-2H3,(H,26,27,28)/t14-,15+/m0/s1. The average molecular weight is 491 g/mol. The number of anilines is 2. The molecule has 9 nitrogen and oxygen atoms in total. The summed E-state index contributed by atoms with van der Waals surface area (Å²) in [5.74, 6) is 0.618. The molecule has 0 unspecified atom stereocenters. The lowest BCUT2D eigenvalue weighted by Crippen LogP contribution is -2.41. The number of aromatic nitrogens is 2. The highest BCUT2D eigenvalue weighted by Crippen LogP contribution is 2.36. The van der Waals surface area contributed by atoms with Gasteiger partial charge in [-0.25, -0.2) is 14.4 Å². The first-order valence-corrected chi connectivity index (χ1v) is 10.9. The molecule has 34 heavy (non-hydrogen) atoms. The first-order valence-electron chi connectivity index (χ1n) is 10.5. The van der Waals surface area contributed by atoms with E-state index in [2.05, 4.69) is 15.3 Å². The zero-order valence-electron chi connectivity index (χ0n) is 18.6. The Bertz CT molecular complexity index is 1200. The number of likely N-dealkylation sites (tertiary alicyclic amines) is 1. The van der Waals surface area contributed by atoms with Gasteiger partial charge in [-0.05, 0) is 24.6 Å². The molecule has 0 bridgehead atoms. The summed E-state index contributed by atoms with van der Waals surface area (Å²) in [4.78, 5) is 22.6. The molecule has 2 heterocycles. The van der Waals surface area contributed by atoms with Crippen LogP contribution in [0.15, 0.2) is 36.7 Å². The topological polar surface area (TPSA) is 106 Å². The molecule has 3 aromatic rings. The zero-order chi connectivity index (χ0) is 24.2. The van der Waals surface area contributed by atoms with Crippen molar-refractivity contribution in [3.8, 4) is 11.5 Å². The maximum Gasteiger partial charge on any atom is 0.249 e. The van der Waals surface area contributed by atoms with Crippen molar-refractivity contribution in [3.63, 3.8) is 0 Å². The highest BCUT2D eigenvalue weighted by molar-refractivity contribution is 6.31. The molecule has 0 radical (unpaired) electrons. The van der Waals surface area contributed by atoms with Crippen LogP contribution in [-0.2, 0) is 9.53 Å². The fraction of sp³-hybridized carbons (Fsp3) is 0.348. The Labute approximate surface area is 200 Å². The van der Waals surface area contributed by atoms with Crippen molar-refractivity contribution in [3.05, 3.63) is 47.5 Å². The minimum Gasteiger partial charge on any atom is -0.497 e. The summed E-state index contributed by atoms with van der Waals surface area (Å²) >= 11 is 5.91. The van der Waals surface area contributed by atoms with Gasteiger partial charge in [-0.2, -0.15) is 0 Å². The van der Waals surface area contributed by atoms with Crippen LogP contribution in [0.2, 0.25) is 5.02 Å². The third-order valence-corrected chi connectivity index (χ3v) is 5.79. The van der Waals surface area contributed by atoms with Crippen molar-refractivity contribution in [1.29, 1.82) is 0 Å². The van der Waals surface area contributed by atoms with Crippen LogP contribution in [0.3, 0.4) is 0 Å². The van der Waals surface area contributed by atoms with E-state index in [1.165, 1.54) is 32.7 Å². The lowest BCUT2D eigenvalue weighted by atomic mass is 10.1. The Hall–Kier alpha value is -3.21. The van der Waals surface area contributed by atoms with Gasteiger partial charge in [0.25, 0.3) is 0 Å². The van der Waals surface area contributed by atoms with Gasteiger partial charge < -0.3 is 29.5 Å². The van der Waals surface area contributed by atoms with Gasteiger partial charge in [-0.3, -0.25) is 4.79 Å². The van der Waals surface area contributed by atoms with Gasteiger partial charge in [0.1, 0.15) is 42.7 Å². The number of aliphatic hydroxyl groups is 1. The molecule has 1 fully saturated rings. The number of hydrogen-bond donors (Lipinski definition) is 2. The number of hydrogen-bond acceptors (Lipinski definition) is 8. The summed E-state index contributed by atoms with van der Waals surface area (Å²) in [6, 6.07) is 7.34. The van der Waals surface area contributed by atoms with Crippen LogP contribution in [0, 0.1) is 5.82 Å². The number of rotatable bonds is 8. The second-order valence-electron chi connectivity index (χ2n) is 7.83. The molecule has 1 aliphatic rings. The number of carbonyl (C=O) groups excluding carboxylic acids is 1. The van der Waals surface area contributed by atoms with E-state index in [1.807, 2.05) is 0 Å². The van der Waals surface area contributed by atoms with Gasteiger partial charge in [-0.15, -0.1) is 0 Å². The monoisotopic (exact) mass is 490 g/mol. The molecule has 1 saturated heterocycles. The quantitative estimate of drug-likeness (QED) is 0.496. The Morgan fingerprint density at radius 3 is 2.85 bits per heavy atom. The number of benzene rings is 2. The number of methoxy groups -OCH3 is 2. The van der Waals surface area contributed by atoms with Crippen LogP contribution in [0.4, 0.5) is 15.9 Å². The van der Waals surface area contributed by atoms with Gasteiger partial charge in [0.2, 0.25) is 5.91 Å². The fourth-order valence-corrected chi connectivity index (χ4v) is 4.09. The smallest absolute Gasteiger partial charge is 0.249 e. The van der Waals surface area contributed by atoms with E-state index in [4.69, 9.17) is 25.8 Å². The maximum absolute atomic E-state index is 13.6. The Morgan fingerprint density at radius 1 is 1.29 bits per heavy atom. The van der Waals surface area contributed by atoms with Gasteiger partial charge in [0, 0.05) is 31.5 Å². The molecule has 11 heteroatoms. The summed E-state index contributed by atoms with van der Waals surface area (Å²) < 4.78 is 30.1. The predicted octanol–water partition coefficient (Wildman–Crippen LogP) is 3.16. The SMILES string of the molecule is COCC(=O)N1C[C@H](O)C[C@H]1COc1cc(OC)cc2ncnc(Nc3ccc(F)c(Cl)c3)c12. The summed E-state index contributed by atoms with van der Waals surface area (Å²) in [6.45, 7) is 0.273. The maximum atomic E-state index is 13.6. The average Bonchev–Trinajstić information content (AvgIpc) is 3.20. The van der Waals surface area contributed by atoms with Gasteiger partial charge in [0.15, 0.2) is 0 Å². The summed E-state index contributed by atoms with van der Waals surface area (Å²) in [7, 11) is 2.98. The molecular weight excluding hydrogens is 467 g/mol. The molecule has 1 amide bonds. The second kappa shape index (κ2) is 10.4. The van der Waals surface area contributed by atoms with Crippen LogP contribution < -0.4 is 14.8 Å². The molecule has 4 rings (SSSR count). The molecule has 1 aromatic heterocycles. The van der Waals surface area contributed by atoms with E-state index in [0.29, 0.717) is 40.3 Å². The summed E-state index contributed by atoms with van der Waals surface area (Å²) in [5, 5.41) is 13.8. The van der Waals surface area contributed by atoms with E-state index < -0.39 is 11.9 Å². The summed E-state index contributed by atoms with van der Waals surface area (Å²) in [6.07, 6.45) is 1.13. The lowest BCUT2D eigenvalue weighted by Gasteiger charge is -2.24. The highest BCUT2D eigenvalue weighted by atomic mass is 35.5. The van der Waals surface area contributed by atoms with Crippen molar-refractivity contribution in [1.82, 2.24) is 14.9 Å². The van der Waals surface area contributed by atoms with E-state index >= 15 is 0 Å². The predicted molar refractivity (Wildman–Crippen MR) is 124 cm³/mol. The van der Waals surface area contributed by atoms with Gasteiger partial charge in [-0.1, -0.05) is 11.6 Å². The number of nitrogens with one attached hydrogen (secondary N) is 1. The third-order valence-electron chi connectivity index (χ3n) is 5.51. The third kappa shape index (κ3) is 5.14. The van der Waals surface area contributed by atoms with Crippen LogP contribution in [0.5, 0.6) is 11.5 Å². The number of nitrogens with zero attached hydrogens (tertiary/aromatic N) is 3. The van der Waals surface area contributed by atoms with Crippen LogP contribution in [0.25, 0.3) is 10.9 Å². The van der Waals surface area contributed by atoms with E-state index in [9.17, 15) is 14.3 Å². The van der Waals surface area contributed by atoms with Crippen molar-refractivity contribution in [2.75, 3.05) is 39.3 Å². The largest absolute Gasteiger partial charge is 0.497 e. The first-order chi connectivity index (χ1) is 16.4. The molecule has 2 aromatic carbocycles. The molecule has 2 N–H and O–H groups in total. The van der Waals surface area contributed by atoms with Crippen molar-refractivity contribution in [2.24, 2.45) is 0 Å². The van der Waals surface area contributed by atoms with E-state index in [0.717, 1.165) is 0 Å². The van der Waals surface area contributed by atoms with Gasteiger partial charge in [0.05, 0.1) is 35.2 Å². The number of β-amino-alcohol motifs (C(OH)–C–C–N with tert-alkyl or cyclic N) is 1. The van der Waals surface area contributed by atoms with E-state index in [1.54, 1.807) is 23.1 Å². The minimum absolute atomic E-state index is 0.0258. The number of fused-ring (bicyclic) bond motifs is 1. The van der Waals surface area contributed by atoms with Crippen molar-refractivity contribution < 1.29 is 28.5 Å². The van der Waals surface area contributed by atoms with Crippen LogP contribution in [-0.4, -0.2) is 72.0 Å². The molecular formula is C23H24ClFN4O5. The normalized spacial score (nSPS) is 17.7. The van der Waals surface area contributed by atoms with E-state index in [-0.39, 0.29) is 36.7 Å². The Kier molecular flexibility index (Phi) is 7.30. The van der Waals surface area contributed by atoms with Crippen molar-refractivity contribution in [2.45, 2.75) is 18.6 Å². The minimum atomic E-state index is -0.639. The first kappa shape index (κ1) is 23.9. The number of amides is 1. The molecule has 0 spiro atoms. The number of aliphatic hydroxyl groups excluding tert-OH is 1. The summed E-state index contributed by atoms with van der Waals surface area (Å²) in [5.41, 5.74) is 1.09. The molecule has 0 aliphatic carbocycles. The second-order valence-corrected chi connectivity index (χ2v) is 8.24. The Morgan fingerprint density at radius 2 is 2.12 bits per heavy atom. The highest BCUT2D eigenvalue weighted by Gasteiger charge is 2.34. The number of ether oxygens (including phenoxy) is 3.